The summed E-state index contributed by atoms with van der Waals surface area (Å²) in [5.41, 5.74) is 1.43. The molecule has 2 amide bonds. The van der Waals surface area contributed by atoms with Crippen molar-refractivity contribution in [2.75, 3.05) is 23.9 Å². The molecule has 0 aromatic heterocycles. The van der Waals surface area contributed by atoms with Crippen LogP contribution in [0.4, 0.5) is 11.4 Å². The second kappa shape index (κ2) is 8.77. The summed E-state index contributed by atoms with van der Waals surface area (Å²) in [5, 5.41) is 2.77. The van der Waals surface area contributed by atoms with Crippen LogP contribution in [0.1, 0.15) is 37.0 Å². The molecule has 0 bridgehead atoms. The zero-order chi connectivity index (χ0) is 21.0. The predicted octanol–water partition coefficient (Wildman–Crippen LogP) is 3.43. The molecule has 29 heavy (non-hydrogen) atoms. The predicted molar refractivity (Wildman–Crippen MR) is 110 cm³/mol. The van der Waals surface area contributed by atoms with E-state index in [-0.39, 0.29) is 24.1 Å². The second-order valence-electron chi connectivity index (χ2n) is 6.79. The molecule has 0 saturated heterocycles. The molecule has 1 unspecified atom stereocenters. The van der Waals surface area contributed by atoms with Crippen LogP contribution in [0.2, 0.25) is 0 Å². The second-order valence-corrected chi connectivity index (χ2v) is 6.79. The molecule has 152 valence electrons. The highest BCUT2D eigenvalue weighted by molar-refractivity contribution is 6.07. The molecule has 7 nitrogen and oxygen atoms in total. The number of amides is 2. The number of ketones is 1. The summed E-state index contributed by atoms with van der Waals surface area (Å²) in [7, 11) is 1.52. The van der Waals surface area contributed by atoms with E-state index in [4.69, 9.17) is 9.47 Å². The molecule has 3 rings (SSSR count). The van der Waals surface area contributed by atoms with Crippen LogP contribution in [-0.4, -0.2) is 37.4 Å². The van der Waals surface area contributed by atoms with Crippen LogP contribution in [0.3, 0.4) is 0 Å². The minimum atomic E-state index is -0.723. The van der Waals surface area contributed by atoms with E-state index < -0.39 is 6.10 Å². The molecule has 2 aromatic rings. The topological polar surface area (TPSA) is 84.9 Å². The molecule has 1 N–H and O–H groups in total. The minimum absolute atomic E-state index is 0.0141. The SMILES string of the molecule is CCCC(=O)c1ccc2c(c1)N(CC(=O)Nc1ccccc1OC)C(=O)C(C)O2. The van der Waals surface area contributed by atoms with Gasteiger partial charge in [-0.05, 0) is 43.7 Å². The number of hydrogen-bond acceptors (Lipinski definition) is 5. The van der Waals surface area contributed by atoms with E-state index in [0.29, 0.717) is 34.9 Å². The average Bonchev–Trinajstić information content (AvgIpc) is 2.71. The van der Waals surface area contributed by atoms with Gasteiger partial charge in [0.15, 0.2) is 11.9 Å². The lowest BCUT2D eigenvalue weighted by molar-refractivity contribution is -0.127. The van der Waals surface area contributed by atoms with Crippen LogP contribution in [0.5, 0.6) is 11.5 Å². The van der Waals surface area contributed by atoms with E-state index in [2.05, 4.69) is 5.32 Å². The first-order valence-corrected chi connectivity index (χ1v) is 9.52. The highest BCUT2D eigenvalue weighted by Crippen LogP contribution is 2.35. The summed E-state index contributed by atoms with van der Waals surface area (Å²) in [4.78, 5) is 39.0. The van der Waals surface area contributed by atoms with Crippen LogP contribution in [0, 0.1) is 0 Å². The van der Waals surface area contributed by atoms with E-state index in [1.165, 1.54) is 12.0 Å². The number of anilines is 2. The molecule has 2 aromatic carbocycles. The monoisotopic (exact) mass is 396 g/mol. The van der Waals surface area contributed by atoms with Gasteiger partial charge in [-0.3, -0.25) is 19.3 Å². The molecule has 0 spiro atoms. The van der Waals surface area contributed by atoms with Crippen molar-refractivity contribution in [2.45, 2.75) is 32.8 Å². The Bertz CT molecular complexity index is 941. The number of nitrogens with one attached hydrogen (secondary N) is 1. The van der Waals surface area contributed by atoms with Gasteiger partial charge >= 0.3 is 0 Å². The van der Waals surface area contributed by atoms with Crippen molar-refractivity contribution in [1.29, 1.82) is 0 Å². The van der Waals surface area contributed by atoms with Gasteiger partial charge in [0.25, 0.3) is 5.91 Å². The van der Waals surface area contributed by atoms with Gasteiger partial charge in [-0.1, -0.05) is 19.1 Å². The fraction of sp³-hybridized carbons (Fsp3) is 0.318. The average molecular weight is 396 g/mol. The largest absolute Gasteiger partial charge is 0.495 e. The smallest absolute Gasteiger partial charge is 0.268 e. The summed E-state index contributed by atoms with van der Waals surface area (Å²) in [6.45, 7) is 3.36. The molecule has 1 aliphatic rings. The van der Waals surface area contributed by atoms with Gasteiger partial charge in [0.1, 0.15) is 18.0 Å². The Morgan fingerprint density at radius 2 is 1.97 bits per heavy atom. The van der Waals surface area contributed by atoms with Gasteiger partial charge in [-0.15, -0.1) is 0 Å². The van der Waals surface area contributed by atoms with E-state index >= 15 is 0 Å². The van der Waals surface area contributed by atoms with Gasteiger partial charge < -0.3 is 14.8 Å². The molecule has 0 fully saturated rings. The van der Waals surface area contributed by atoms with Crippen LogP contribution in [0.25, 0.3) is 0 Å². The summed E-state index contributed by atoms with van der Waals surface area (Å²) < 4.78 is 10.9. The Balaban J connectivity index is 1.86. The standard InChI is InChI=1S/C22H24N2O5/c1-4-7-18(25)15-10-11-20-17(12-15)24(22(27)14(2)29-20)13-21(26)23-16-8-5-6-9-19(16)28-3/h5-6,8-12,14H,4,7,13H2,1-3H3,(H,23,26). The Kier molecular flexibility index (Phi) is 6.16. The summed E-state index contributed by atoms with van der Waals surface area (Å²) in [6, 6.07) is 12.0. The van der Waals surface area contributed by atoms with Crippen molar-refractivity contribution in [1.82, 2.24) is 0 Å². The van der Waals surface area contributed by atoms with E-state index in [0.717, 1.165) is 6.42 Å². The van der Waals surface area contributed by atoms with Crippen LogP contribution < -0.4 is 19.7 Å². The Labute approximate surface area is 169 Å². The highest BCUT2D eigenvalue weighted by Gasteiger charge is 2.33. The molecule has 1 aliphatic heterocycles. The number of para-hydroxylation sites is 2. The number of nitrogens with zero attached hydrogens (tertiary/aromatic N) is 1. The van der Waals surface area contributed by atoms with Crippen molar-refractivity contribution < 1.29 is 23.9 Å². The van der Waals surface area contributed by atoms with Crippen molar-refractivity contribution >= 4 is 29.0 Å². The van der Waals surface area contributed by atoms with E-state index in [1.807, 2.05) is 6.92 Å². The Morgan fingerprint density at radius 1 is 1.21 bits per heavy atom. The highest BCUT2D eigenvalue weighted by atomic mass is 16.5. The third kappa shape index (κ3) is 4.39. The first-order valence-electron chi connectivity index (χ1n) is 9.52. The number of Topliss-reactive ketones (excluding diaryl/α,β-unsaturated/α-hetero) is 1. The maximum atomic E-state index is 12.7. The van der Waals surface area contributed by atoms with Gasteiger partial charge in [-0.2, -0.15) is 0 Å². The lowest BCUT2D eigenvalue weighted by Crippen LogP contribution is -2.47. The number of methoxy groups -OCH3 is 1. The molecule has 1 atom stereocenters. The number of hydrogen-bond donors (Lipinski definition) is 1. The Morgan fingerprint density at radius 3 is 2.69 bits per heavy atom. The van der Waals surface area contributed by atoms with Crippen LogP contribution in [-0.2, 0) is 9.59 Å². The van der Waals surface area contributed by atoms with Gasteiger partial charge in [-0.25, -0.2) is 0 Å². The molecule has 0 aliphatic carbocycles. The molecule has 1 heterocycles. The quantitative estimate of drug-likeness (QED) is 0.725. The van der Waals surface area contributed by atoms with Crippen LogP contribution in [0.15, 0.2) is 42.5 Å². The summed E-state index contributed by atoms with van der Waals surface area (Å²) in [5.74, 6) is 0.256. The van der Waals surface area contributed by atoms with E-state index in [9.17, 15) is 14.4 Å². The molecular formula is C22H24N2O5. The number of ether oxygens (including phenoxy) is 2. The number of carbonyl (C=O) groups excluding carboxylic acids is 3. The molecule has 0 radical (unpaired) electrons. The number of carbonyl (C=O) groups is 3. The van der Waals surface area contributed by atoms with Crippen molar-refractivity contribution in [3.05, 3.63) is 48.0 Å². The number of rotatable bonds is 7. The first kappa shape index (κ1) is 20.4. The normalized spacial score (nSPS) is 15.3. The zero-order valence-electron chi connectivity index (χ0n) is 16.7. The first-order chi connectivity index (χ1) is 13.9. The van der Waals surface area contributed by atoms with Gasteiger partial charge in [0, 0.05) is 12.0 Å². The molecular weight excluding hydrogens is 372 g/mol. The fourth-order valence-corrected chi connectivity index (χ4v) is 3.20. The maximum Gasteiger partial charge on any atom is 0.268 e. The maximum absolute atomic E-state index is 12.7. The molecule has 0 saturated carbocycles. The third-order valence-corrected chi connectivity index (χ3v) is 4.65. The Hall–Kier alpha value is -3.35. The van der Waals surface area contributed by atoms with Crippen molar-refractivity contribution in [3.8, 4) is 11.5 Å². The van der Waals surface area contributed by atoms with Gasteiger partial charge in [0.2, 0.25) is 5.91 Å². The zero-order valence-corrected chi connectivity index (χ0v) is 16.7. The number of fused-ring (bicyclic) bond motifs is 1. The summed E-state index contributed by atoms with van der Waals surface area (Å²) in [6.07, 6.45) is 0.421. The lowest BCUT2D eigenvalue weighted by atomic mass is 10.0. The number of benzene rings is 2. The fourth-order valence-electron chi connectivity index (χ4n) is 3.20. The van der Waals surface area contributed by atoms with E-state index in [1.54, 1.807) is 49.4 Å². The van der Waals surface area contributed by atoms with Gasteiger partial charge in [0.05, 0.1) is 18.5 Å². The minimum Gasteiger partial charge on any atom is -0.495 e. The summed E-state index contributed by atoms with van der Waals surface area (Å²) >= 11 is 0. The lowest BCUT2D eigenvalue weighted by Gasteiger charge is -2.33. The molecule has 7 heteroatoms. The van der Waals surface area contributed by atoms with Crippen LogP contribution >= 0.6 is 0 Å². The van der Waals surface area contributed by atoms with Crippen molar-refractivity contribution in [3.63, 3.8) is 0 Å². The van der Waals surface area contributed by atoms with Crippen molar-refractivity contribution in [2.24, 2.45) is 0 Å². The third-order valence-electron chi connectivity index (χ3n) is 4.65.